The van der Waals surface area contributed by atoms with E-state index in [4.69, 9.17) is 33.4 Å². The number of hydrogen-bond donors (Lipinski definition) is 4. The van der Waals surface area contributed by atoms with Crippen molar-refractivity contribution in [2.24, 2.45) is 0 Å². The lowest BCUT2D eigenvalue weighted by molar-refractivity contribution is 0.386. The van der Waals surface area contributed by atoms with Gasteiger partial charge in [-0.15, -0.1) is 0 Å². The fourth-order valence-electron chi connectivity index (χ4n) is 1.15. The molecule has 0 unspecified atom stereocenters. The molecule has 4 N–H and O–H groups in total. The molecular formula is C9H7Cl2N3O2. The van der Waals surface area contributed by atoms with Crippen molar-refractivity contribution in [2.45, 2.75) is 0 Å². The molecule has 0 fully saturated rings. The SMILES string of the molecule is Oc1nc(Nc2c(Cl)cccc2Cl)[nH]c1O. The molecule has 0 aliphatic heterocycles. The summed E-state index contributed by atoms with van der Waals surface area (Å²) >= 11 is 11.8. The summed E-state index contributed by atoms with van der Waals surface area (Å²) < 4.78 is 0. The van der Waals surface area contributed by atoms with Gasteiger partial charge in [0, 0.05) is 0 Å². The summed E-state index contributed by atoms with van der Waals surface area (Å²) in [6.45, 7) is 0. The summed E-state index contributed by atoms with van der Waals surface area (Å²) in [5.74, 6) is -0.777. The van der Waals surface area contributed by atoms with Gasteiger partial charge < -0.3 is 15.5 Å². The van der Waals surface area contributed by atoms with Crippen LogP contribution < -0.4 is 5.32 Å². The Hall–Kier alpha value is -1.59. The number of anilines is 2. The summed E-state index contributed by atoms with van der Waals surface area (Å²) in [4.78, 5) is 6.02. The molecule has 7 heteroatoms. The van der Waals surface area contributed by atoms with Gasteiger partial charge in [-0.3, -0.25) is 4.98 Å². The lowest BCUT2D eigenvalue weighted by Crippen LogP contribution is -1.93. The van der Waals surface area contributed by atoms with Crippen LogP contribution in [0.3, 0.4) is 0 Å². The first-order valence-corrected chi connectivity index (χ1v) is 5.02. The van der Waals surface area contributed by atoms with Crippen molar-refractivity contribution >= 4 is 34.8 Å². The van der Waals surface area contributed by atoms with E-state index in [2.05, 4.69) is 15.3 Å². The highest BCUT2D eigenvalue weighted by atomic mass is 35.5. The van der Waals surface area contributed by atoms with E-state index in [0.717, 1.165) is 0 Å². The number of imidazole rings is 1. The second-order valence-corrected chi connectivity index (χ2v) is 3.79. The van der Waals surface area contributed by atoms with Gasteiger partial charge in [0.05, 0.1) is 15.7 Å². The van der Waals surface area contributed by atoms with E-state index in [-0.39, 0.29) is 5.95 Å². The first-order valence-electron chi connectivity index (χ1n) is 4.27. The standard InChI is InChI=1S/C9H7Cl2N3O2/c10-4-2-1-3-5(11)6(4)12-9-13-7(15)8(16)14-9/h1-3,15-16H,(H2,12,13,14). The van der Waals surface area contributed by atoms with E-state index >= 15 is 0 Å². The normalized spacial score (nSPS) is 10.4. The molecule has 1 aromatic carbocycles. The highest BCUT2D eigenvalue weighted by Crippen LogP contribution is 2.33. The zero-order valence-corrected chi connectivity index (χ0v) is 9.34. The molecule has 0 saturated carbocycles. The lowest BCUT2D eigenvalue weighted by Gasteiger charge is -2.06. The first kappa shape index (κ1) is 10.9. The van der Waals surface area contributed by atoms with Gasteiger partial charge in [-0.25, -0.2) is 0 Å². The van der Waals surface area contributed by atoms with Gasteiger partial charge >= 0.3 is 0 Å². The van der Waals surface area contributed by atoms with E-state index in [1.807, 2.05) is 0 Å². The first-order chi connectivity index (χ1) is 7.58. The van der Waals surface area contributed by atoms with Gasteiger partial charge in [0.2, 0.25) is 5.95 Å². The summed E-state index contributed by atoms with van der Waals surface area (Å²) in [5.41, 5.74) is 0.444. The summed E-state index contributed by atoms with van der Waals surface area (Å²) in [5, 5.41) is 21.7. The summed E-state index contributed by atoms with van der Waals surface area (Å²) in [7, 11) is 0. The Morgan fingerprint density at radius 3 is 2.31 bits per heavy atom. The van der Waals surface area contributed by atoms with Crippen molar-refractivity contribution < 1.29 is 10.2 Å². The largest absolute Gasteiger partial charge is 0.491 e. The molecule has 0 aliphatic carbocycles. The van der Waals surface area contributed by atoms with Crippen LogP contribution >= 0.6 is 23.2 Å². The number of aromatic hydroxyl groups is 2. The average Bonchev–Trinajstić information content (AvgIpc) is 2.53. The third-order valence-electron chi connectivity index (χ3n) is 1.87. The fraction of sp³-hybridized carbons (Fsp3) is 0. The Balaban J connectivity index is 2.33. The topological polar surface area (TPSA) is 81.2 Å². The molecule has 2 aromatic rings. The average molecular weight is 260 g/mol. The maximum Gasteiger partial charge on any atom is 0.276 e. The van der Waals surface area contributed by atoms with Gasteiger partial charge in [-0.05, 0) is 12.1 Å². The van der Waals surface area contributed by atoms with Crippen LogP contribution in [0.4, 0.5) is 11.6 Å². The fourth-order valence-corrected chi connectivity index (χ4v) is 1.64. The Labute approximate surface area is 101 Å². The lowest BCUT2D eigenvalue weighted by atomic mass is 10.3. The number of rotatable bonds is 2. The predicted molar refractivity (Wildman–Crippen MR) is 61.7 cm³/mol. The van der Waals surface area contributed by atoms with E-state index in [1.54, 1.807) is 18.2 Å². The summed E-state index contributed by atoms with van der Waals surface area (Å²) in [6.07, 6.45) is 0. The van der Waals surface area contributed by atoms with E-state index in [0.29, 0.717) is 15.7 Å². The molecule has 0 atom stereocenters. The van der Waals surface area contributed by atoms with Crippen molar-refractivity contribution in [3.63, 3.8) is 0 Å². The maximum atomic E-state index is 9.08. The monoisotopic (exact) mass is 259 g/mol. The molecule has 1 aromatic heterocycles. The molecule has 1 heterocycles. The van der Waals surface area contributed by atoms with E-state index < -0.39 is 11.8 Å². The summed E-state index contributed by atoms with van der Waals surface area (Å²) in [6, 6.07) is 5.00. The third-order valence-corrected chi connectivity index (χ3v) is 2.50. The van der Waals surface area contributed by atoms with Crippen molar-refractivity contribution in [3.8, 4) is 11.8 Å². The Bertz CT molecular complexity index is 488. The van der Waals surface area contributed by atoms with Crippen molar-refractivity contribution in [3.05, 3.63) is 28.2 Å². The number of aromatic nitrogens is 2. The van der Waals surface area contributed by atoms with Crippen molar-refractivity contribution in [1.29, 1.82) is 0 Å². The van der Waals surface area contributed by atoms with Crippen molar-refractivity contribution in [1.82, 2.24) is 9.97 Å². The second-order valence-electron chi connectivity index (χ2n) is 2.98. The number of para-hydroxylation sites is 1. The van der Waals surface area contributed by atoms with Crippen LogP contribution in [0.5, 0.6) is 11.8 Å². The van der Waals surface area contributed by atoms with Crippen LogP contribution in [-0.4, -0.2) is 20.2 Å². The quantitative estimate of drug-likeness (QED) is 0.669. The number of nitrogens with zero attached hydrogens (tertiary/aromatic N) is 1. The number of aromatic amines is 1. The molecule has 84 valence electrons. The Kier molecular flexibility index (Phi) is 2.80. The number of benzene rings is 1. The van der Waals surface area contributed by atoms with Crippen LogP contribution in [0, 0.1) is 0 Å². The zero-order chi connectivity index (χ0) is 11.7. The van der Waals surface area contributed by atoms with Gasteiger partial charge in [0.15, 0.2) is 0 Å². The molecule has 5 nitrogen and oxygen atoms in total. The molecule has 0 bridgehead atoms. The molecule has 0 spiro atoms. The highest BCUT2D eigenvalue weighted by Gasteiger charge is 2.10. The van der Waals surface area contributed by atoms with Crippen molar-refractivity contribution in [2.75, 3.05) is 5.32 Å². The van der Waals surface area contributed by atoms with E-state index in [9.17, 15) is 0 Å². The number of nitrogens with one attached hydrogen (secondary N) is 2. The van der Waals surface area contributed by atoms with Gasteiger partial charge in [0.25, 0.3) is 11.8 Å². The second kappa shape index (κ2) is 4.11. The van der Waals surface area contributed by atoms with Crippen LogP contribution in [0.2, 0.25) is 10.0 Å². The molecule has 2 rings (SSSR count). The highest BCUT2D eigenvalue weighted by molar-refractivity contribution is 6.39. The van der Waals surface area contributed by atoms with Crippen LogP contribution in [0.1, 0.15) is 0 Å². The molecule has 0 aliphatic rings. The minimum absolute atomic E-state index is 0.144. The Morgan fingerprint density at radius 1 is 1.19 bits per heavy atom. The number of halogens is 2. The van der Waals surface area contributed by atoms with Crippen LogP contribution in [0.15, 0.2) is 18.2 Å². The zero-order valence-electron chi connectivity index (χ0n) is 7.83. The van der Waals surface area contributed by atoms with E-state index in [1.165, 1.54) is 0 Å². The third kappa shape index (κ3) is 2.00. The minimum atomic E-state index is -0.495. The minimum Gasteiger partial charge on any atom is -0.491 e. The molecule has 0 amide bonds. The maximum absolute atomic E-state index is 9.08. The molecule has 0 saturated heterocycles. The molecule has 0 radical (unpaired) electrons. The predicted octanol–water partition coefficient (Wildman–Crippen LogP) is 2.87. The van der Waals surface area contributed by atoms with Crippen LogP contribution in [-0.2, 0) is 0 Å². The molecule has 16 heavy (non-hydrogen) atoms. The number of H-pyrrole nitrogens is 1. The smallest absolute Gasteiger partial charge is 0.276 e. The van der Waals surface area contributed by atoms with Gasteiger partial charge in [-0.1, -0.05) is 29.3 Å². The van der Waals surface area contributed by atoms with Gasteiger partial charge in [0.1, 0.15) is 0 Å². The number of hydrogen-bond acceptors (Lipinski definition) is 4. The van der Waals surface area contributed by atoms with Crippen LogP contribution in [0.25, 0.3) is 0 Å². The molecular weight excluding hydrogens is 253 g/mol. The van der Waals surface area contributed by atoms with Gasteiger partial charge in [-0.2, -0.15) is 4.98 Å². The Morgan fingerprint density at radius 2 is 1.81 bits per heavy atom.